The Labute approximate surface area is 107 Å². The maximum Gasteiger partial charge on any atom is 0.325 e. The maximum absolute atomic E-state index is 11.8. The van der Waals surface area contributed by atoms with Gasteiger partial charge in [-0.15, -0.1) is 0 Å². The van der Waals surface area contributed by atoms with Gasteiger partial charge >= 0.3 is 5.97 Å². The molecule has 0 fully saturated rings. The Kier molecular flexibility index (Phi) is 8.02. The van der Waals surface area contributed by atoms with Gasteiger partial charge in [0.2, 0.25) is 0 Å². The number of carbonyl (C=O) groups is 1. The minimum atomic E-state index is -2.45. The van der Waals surface area contributed by atoms with Gasteiger partial charge in [-0.25, -0.2) is 8.78 Å². The summed E-state index contributed by atoms with van der Waals surface area (Å²) in [6, 6.07) is 0.121. The van der Waals surface area contributed by atoms with Crippen molar-refractivity contribution in [2.24, 2.45) is 0 Å². The Morgan fingerprint density at radius 3 is 2.44 bits per heavy atom. The van der Waals surface area contributed by atoms with Crippen LogP contribution in [0.5, 0.6) is 0 Å². The van der Waals surface area contributed by atoms with E-state index in [0.29, 0.717) is 12.8 Å². The first-order valence-electron chi connectivity index (χ1n) is 6.04. The summed E-state index contributed by atoms with van der Waals surface area (Å²) in [5.74, 6) is -0.356. The highest BCUT2D eigenvalue weighted by molar-refractivity contribution is 5.80. The van der Waals surface area contributed by atoms with Gasteiger partial charge in [0.25, 0.3) is 6.43 Å². The second kappa shape index (κ2) is 8.37. The van der Waals surface area contributed by atoms with E-state index in [9.17, 15) is 13.6 Å². The molecule has 0 saturated heterocycles. The molecule has 0 rings (SSSR count). The molecule has 18 heavy (non-hydrogen) atoms. The molecule has 0 aromatic rings. The van der Waals surface area contributed by atoms with Gasteiger partial charge < -0.3 is 9.47 Å². The van der Waals surface area contributed by atoms with Crippen molar-refractivity contribution >= 4 is 5.97 Å². The molecule has 0 radical (unpaired) electrons. The molecule has 0 aliphatic rings. The molecule has 0 saturated carbocycles. The van der Waals surface area contributed by atoms with Gasteiger partial charge in [-0.1, -0.05) is 0 Å². The van der Waals surface area contributed by atoms with Crippen molar-refractivity contribution in [3.05, 3.63) is 0 Å². The standard InChI is InChI=1S/C12H23F2NO3/c1-9(2)15-12(3,11(16)17-4)6-5-7-18-8-10(13)14/h9-10,15H,5-8H2,1-4H3. The third kappa shape index (κ3) is 6.86. The molecular formula is C12H23F2NO3. The Morgan fingerprint density at radius 1 is 1.39 bits per heavy atom. The number of rotatable bonds is 9. The minimum Gasteiger partial charge on any atom is -0.468 e. The topological polar surface area (TPSA) is 47.6 Å². The summed E-state index contributed by atoms with van der Waals surface area (Å²) in [5.41, 5.74) is -0.808. The van der Waals surface area contributed by atoms with Gasteiger partial charge in [0.15, 0.2) is 0 Å². The molecule has 0 bridgehead atoms. The van der Waals surface area contributed by atoms with Crippen molar-refractivity contribution in [1.82, 2.24) is 5.32 Å². The molecule has 0 aromatic heterocycles. The number of esters is 1. The third-order valence-corrected chi connectivity index (χ3v) is 2.45. The molecule has 108 valence electrons. The van der Waals surface area contributed by atoms with Crippen LogP contribution in [0.15, 0.2) is 0 Å². The lowest BCUT2D eigenvalue weighted by atomic mass is 9.95. The lowest BCUT2D eigenvalue weighted by Gasteiger charge is -2.30. The Balaban J connectivity index is 4.13. The molecule has 0 spiro atoms. The van der Waals surface area contributed by atoms with Crippen LogP contribution in [0.1, 0.15) is 33.6 Å². The van der Waals surface area contributed by atoms with E-state index in [1.807, 2.05) is 13.8 Å². The monoisotopic (exact) mass is 267 g/mol. The molecule has 1 atom stereocenters. The van der Waals surface area contributed by atoms with E-state index in [0.717, 1.165) is 0 Å². The average Bonchev–Trinajstić information content (AvgIpc) is 2.26. The number of ether oxygens (including phenoxy) is 2. The van der Waals surface area contributed by atoms with Crippen LogP contribution in [-0.2, 0) is 14.3 Å². The number of halogens is 2. The van der Waals surface area contributed by atoms with E-state index < -0.39 is 18.6 Å². The number of hydrogen-bond acceptors (Lipinski definition) is 4. The van der Waals surface area contributed by atoms with Crippen LogP contribution < -0.4 is 5.32 Å². The first-order valence-corrected chi connectivity index (χ1v) is 6.04. The van der Waals surface area contributed by atoms with Gasteiger partial charge in [-0.2, -0.15) is 0 Å². The van der Waals surface area contributed by atoms with Crippen molar-refractivity contribution in [2.45, 2.75) is 51.6 Å². The van der Waals surface area contributed by atoms with E-state index >= 15 is 0 Å². The SMILES string of the molecule is COC(=O)C(C)(CCCOCC(F)F)NC(C)C. The summed E-state index contributed by atoms with van der Waals surface area (Å²) in [5, 5.41) is 3.13. The number of methoxy groups -OCH3 is 1. The summed E-state index contributed by atoms with van der Waals surface area (Å²) >= 11 is 0. The molecule has 0 aliphatic heterocycles. The second-order valence-electron chi connectivity index (χ2n) is 4.69. The number of hydrogen-bond donors (Lipinski definition) is 1. The predicted molar refractivity (Wildman–Crippen MR) is 64.7 cm³/mol. The molecular weight excluding hydrogens is 244 g/mol. The quantitative estimate of drug-likeness (QED) is 0.512. The van der Waals surface area contributed by atoms with E-state index in [-0.39, 0.29) is 18.6 Å². The van der Waals surface area contributed by atoms with Crippen molar-refractivity contribution in [1.29, 1.82) is 0 Å². The van der Waals surface area contributed by atoms with Crippen molar-refractivity contribution in [3.8, 4) is 0 Å². The summed E-state index contributed by atoms with van der Waals surface area (Å²) in [6.07, 6.45) is -1.47. The highest BCUT2D eigenvalue weighted by atomic mass is 19.3. The lowest BCUT2D eigenvalue weighted by Crippen LogP contribution is -2.53. The molecule has 0 aliphatic carbocycles. The van der Waals surface area contributed by atoms with Gasteiger partial charge in [-0.3, -0.25) is 10.1 Å². The van der Waals surface area contributed by atoms with E-state index in [1.54, 1.807) is 6.92 Å². The van der Waals surface area contributed by atoms with E-state index in [1.165, 1.54) is 7.11 Å². The molecule has 1 unspecified atom stereocenters. The minimum absolute atomic E-state index is 0.121. The zero-order chi connectivity index (χ0) is 14.2. The predicted octanol–water partition coefficient (Wildman–Crippen LogP) is 1.98. The van der Waals surface area contributed by atoms with Gasteiger partial charge in [0.1, 0.15) is 12.1 Å². The fourth-order valence-corrected chi connectivity index (χ4v) is 1.80. The number of alkyl halides is 2. The smallest absolute Gasteiger partial charge is 0.325 e. The zero-order valence-electron chi connectivity index (χ0n) is 11.5. The van der Waals surface area contributed by atoms with Crippen LogP contribution in [-0.4, -0.2) is 44.3 Å². The summed E-state index contributed by atoms with van der Waals surface area (Å²) in [6.45, 7) is 5.23. The maximum atomic E-state index is 11.8. The third-order valence-electron chi connectivity index (χ3n) is 2.45. The lowest BCUT2D eigenvalue weighted by molar-refractivity contribution is -0.148. The fraction of sp³-hybridized carbons (Fsp3) is 0.917. The van der Waals surface area contributed by atoms with E-state index in [2.05, 4.69) is 5.32 Å². The zero-order valence-corrected chi connectivity index (χ0v) is 11.5. The fourth-order valence-electron chi connectivity index (χ4n) is 1.80. The van der Waals surface area contributed by atoms with Crippen LogP contribution in [0, 0.1) is 0 Å². The first-order chi connectivity index (χ1) is 8.31. The summed E-state index contributed by atoms with van der Waals surface area (Å²) < 4.78 is 33.2. The molecule has 4 nitrogen and oxygen atoms in total. The van der Waals surface area contributed by atoms with E-state index in [4.69, 9.17) is 9.47 Å². The molecule has 0 heterocycles. The summed E-state index contributed by atoms with van der Waals surface area (Å²) in [7, 11) is 1.33. The largest absolute Gasteiger partial charge is 0.468 e. The highest BCUT2D eigenvalue weighted by Gasteiger charge is 2.34. The van der Waals surface area contributed by atoms with Crippen molar-refractivity contribution in [3.63, 3.8) is 0 Å². The normalized spacial score (nSPS) is 14.9. The Bertz CT molecular complexity index is 249. The second-order valence-corrected chi connectivity index (χ2v) is 4.69. The van der Waals surface area contributed by atoms with Crippen LogP contribution in [0.3, 0.4) is 0 Å². The van der Waals surface area contributed by atoms with Gasteiger partial charge in [0, 0.05) is 12.6 Å². The van der Waals surface area contributed by atoms with Crippen LogP contribution in [0.2, 0.25) is 0 Å². The molecule has 6 heteroatoms. The Morgan fingerprint density at radius 2 is 2.00 bits per heavy atom. The molecule has 1 N–H and O–H groups in total. The van der Waals surface area contributed by atoms with Gasteiger partial charge in [-0.05, 0) is 33.6 Å². The van der Waals surface area contributed by atoms with Crippen LogP contribution >= 0.6 is 0 Å². The Hall–Kier alpha value is -0.750. The van der Waals surface area contributed by atoms with Crippen molar-refractivity contribution < 1.29 is 23.0 Å². The average molecular weight is 267 g/mol. The summed E-state index contributed by atoms with van der Waals surface area (Å²) in [4.78, 5) is 11.7. The molecule has 0 amide bonds. The number of nitrogens with one attached hydrogen (secondary N) is 1. The highest BCUT2D eigenvalue weighted by Crippen LogP contribution is 2.15. The van der Waals surface area contributed by atoms with Crippen LogP contribution in [0.4, 0.5) is 8.78 Å². The number of carbonyl (C=O) groups excluding carboxylic acids is 1. The van der Waals surface area contributed by atoms with Gasteiger partial charge in [0.05, 0.1) is 7.11 Å². The molecule has 0 aromatic carbocycles. The first kappa shape index (κ1) is 17.2. The van der Waals surface area contributed by atoms with Crippen molar-refractivity contribution in [2.75, 3.05) is 20.3 Å². The van der Waals surface area contributed by atoms with Crippen LogP contribution in [0.25, 0.3) is 0 Å².